The zero-order valence-electron chi connectivity index (χ0n) is 14.3. The molecule has 0 fully saturated rings. The average molecular weight is 423 g/mol. The van der Waals surface area contributed by atoms with Crippen molar-refractivity contribution in [3.8, 4) is 16.9 Å². The summed E-state index contributed by atoms with van der Waals surface area (Å²) in [7, 11) is 0. The molecule has 3 aromatic heterocycles. The van der Waals surface area contributed by atoms with E-state index in [4.69, 9.17) is 23.2 Å². The quantitative estimate of drug-likeness (QED) is 0.390. The van der Waals surface area contributed by atoms with E-state index in [2.05, 4.69) is 15.1 Å². The Bertz CT molecular complexity index is 1190. The number of rotatable bonds is 2. The van der Waals surface area contributed by atoms with Gasteiger partial charge in [0, 0.05) is 18.0 Å². The highest BCUT2D eigenvalue weighted by Gasteiger charge is 2.35. The lowest BCUT2D eigenvalue weighted by Crippen LogP contribution is -2.08. The molecular formula is C19H11Cl2F3N4. The van der Waals surface area contributed by atoms with Gasteiger partial charge in [-0.15, -0.1) is 0 Å². The van der Waals surface area contributed by atoms with E-state index >= 15 is 0 Å². The molecule has 0 unspecified atom stereocenters. The molecular weight excluding hydrogens is 412 g/mol. The number of hydrogen-bond donors (Lipinski definition) is 0. The molecule has 0 aliphatic rings. The average Bonchev–Trinajstić information content (AvgIpc) is 3.00. The Kier molecular flexibility index (Phi) is 4.51. The largest absolute Gasteiger partial charge is 0.417 e. The van der Waals surface area contributed by atoms with Crippen LogP contribution in [0.25, 0.3) is 28.0 Å². The zero-order valence-corrected chi connectivity index (χ0v) is 15.8. The smallest absolute Gasteiger partial charge is 0.264 e. The molecule has 0 bridgehead atoms. The van der Waals surface area contributed by atoms with Crippen LogP contribution in [0.2, 0.25) is 10.0 Å². The molecule has 0 saturated heterocycles. The molecule has 4 rings (SSSR count). The van der Waals surface area contributed by atoms with E-state index in [1.807, 2.05) is 0 Å². The van der Waals surface area contributed by atoms with Gasteiger partial charge in [-0.1, -0.05) is 23.2 Å². The molecule has 4 nitrogen and oxygen atoms in total. The molecule has 0 aliphatic heterocycles. The predicted molar refractivity (Wildman–Crippen MR) is 102 cm³/mol. The number of alkyl halides is 3. The van der Waals surface area contributed by atoms with E-state index in [-0.39, 0.29) is 27.4 Å². The second kappa shape index (κ2) is 6.76. The first-order chi connectivity index (χ1) is 13.3. The molecule has 0 spiro atoms. The fourth-order valence-electron chi connectivity index (χ4n) is 2.97. The van der Waals surface area contributed by atoms with Gasteiger partial charge in [0.05, 0.1) is 38.1 Å². The number of pyridine rings is 2. The monoisotopic (exact) mass is 422 g/mol. The van der Waals surface area contributed by atoms with Gasteiger partial charge in [-0.2, -0.15) is 18.3 Å². The van der Waals surface area contributed by atoms with E-state index in [1.54, 1.807) is 24.3 Å². The lowest BCUT2D eigenvalue weighted by Gasteiger charge is -2.12. The summed E-state index contributed by atoms with van der Waals surface area (Å²) in [5.74, 6) is 0. The summed E-state index contributed by atoms with van der Waals surface area (Å²) in [6, 6.07) is 9.00. The number of fused-ring (bicyclic) bond motifs is 1. The molecule has 28 heavy (non-hydrogen) atoms. The SMILES string of the molecule is Cc1nn(-c2ccc(Cl)c(Cl)c2)c2nc(-c3cccnc3)cc(C(F)(F)F)c12. The first kappa shape index (κ1) is 18.7. The molecule has 4 aromatic rings. The lowest BCUT2D eigenvalue weighted by atomic mass is 10.1. The van der Waals surface area contributed by atoms with Gasteiger partial charge in [-0.3, -0.25) is 4.98 Å². The molecule has 0 N–H and O–H groups in total. The van der Waals surface area contributed by atoms with Crippen LogP contribution in [0.5, 0.6) is 0 Å². The van der Waals surface area contributed by atoms with E-state index in [0.29, 0.717) is 16.3 Å². The van der Waals surface area contributed by atoms with E-state index in [0.717, 1.165) is 6.07 Å². The van der Waals surface area contributed by atoms with Crippen molar-refractivity contribution in [3.63, 3.8) is 0 Å². The summed E-state index contributed by atoms with van der Waals surface area (Å²) in [6.07, 6.45) is -1.58. The van der Waals surface area contributed by atoms with E-state index in [9.17, 15) is 13.2 Å². The van der Waals surface area contributed by atoms with Crippen molar-refractivity contribution in [2.45, 2.75) is 13.1 Å². The van der Waals surface area contributed by atoms with Gasteiger partial charge in [-0.05, 0) is 43.3 Å². The second-order valence-corrected chi connectivity index (χ2v) is 6.90. The van der Waals surface area contributed by atoms with Crippen LogP contribution in [-0.4, -0.2) is 19.7 Å². The third-order valence-electron chi connectivity index (χ3n) is 4.22. The molecule has 9 heteroatoms. The van der Waals surface area contributed by atoms with Crippen molar-refractivity contribution in [3.05, 3.63) is 70.1 Å². The summed E-state index contributed by atoms with van der Waals surface area (Å²) in [4.78, 5) is 8.42. The van der Waals surface area contributed by atoms with Gasteiger partial charge in [-0.25, -0.2) is 9.67 Å². The first-order valence-electron chi connectivity index (χ1n) is 8.09. The highest BCUT2D eigenvalue weighted by molar-refractivity contribution is 6.42. The predicted octanol–water partition coefficient (Wildman–Crippen LogP) is 6.12. The van der Waals surface area contributed by atoms with Gasteiger partial charge in [0.25, 0.3) is 0 Å². The lowest BCUT2D eigenvalue weighted by molar-refractivity contribution is -0.136. The molecule has 0 atom stereocenters. The minimum Gasteiger partial charge on any atom is -0.264 e. The van der Waals surface area contributed by atoms with Crippen molar-refractivity contribution in [2.24, 2.45) is 0 Å². The third kappa shape index (κ3) is 3.21. The van der Waals surface area contributed by atoms with Crippen molar-refractivity contribution in [2.75, 3.05) is 0 Å². The zero-order chi connectivity index (χ0) is 20.1. The van der Waals surface area contributed by atoms with Crippen LogP contribution in [0.3, 0.4) is 0 Å². The summed E-state index contributed by atoms with van der Waals surface area (Å²) in [5.41, 5.74) is 0.545. The molecule has 142 valence electrons. The second-order valence-electron chi connectivity index (χ2n) is 6.09. The van der Waals surface area contributed by atoms with Crippen molar-refractivity contribution in [1.29, 1.82) is 0 Å². The van der Waals surface area contributed by atoms with Crippen LogP contribution in [0.4, 0.5) is 13.2 Å². The van der Waals surface area contributed by atoms with Crippen molar-refractivity contribution in [1.82, 2.24) is 19.7 Å². The van der Waals surface area contributed by atoms with Gasteiger partial charge >= 0.3 is 6.18 Å². The number of hydrogen-bond acceptors (Lipinski definition) is 3. The van der Waals surface area contributed by atoms with Crippen LogP contribution in [0.15, 0.2) is 48.8 Å². The van der Waals surface area contributed by atoms with Crippen LogP contribution < -0.4 is 0 Å². The first-order valence-corrected chi connectivity index (χ1v) is 8.84. The highest BCUT2D eigenvalue weighted by atomic mass is 35.5. The Morgan fingerprint density at radius 2 is 1.82 bits per heavy atom. The van der Waals surface area contributed by atoms with Crippen LogP contribution in [0, 0.1) is 6.92 Å². The summed E-state index contributed by atoms with van der Waals surface area (Å²) in [5, 5.41) is 4.81. The summed E-state index contributed by atoms with van der Waals surface area (Å²) in [6.45, 7) is 1.51. The number of aromatic nitrogens is 4. The Morgan fingerprint density at radius 3 is 2.46 bits per heavy atom. The van der Waals surface area contributed by atoms with Gasteiger partial charge in [0.1, 0.15) is 0 Å². The number of benzene rings is 1. The van der Waals surface area contributed by atoms with Gasteiger partial charge < -0.3 is 0 Å². The fraction of sp³-hybridized carbons (Fsp3) is 0.105. The highest BCUT2D eigenvalue weighted by Crippen LogP contribution is 2.38. The third-order valence-corrected chi connectivity index (χ3v) is 4.96. The van der Waals surface area contributed by atoms with Crippen LogP contribution in [0.1, 0.15) is 11.3 Å². The normalized spacial score (nSPS) is 11.9. The molecule has 1 aromatic carbocycles. The molecule has 0 amide bonds. The Morgan fingerprint density at radius 1 is 1.04 bits per heavy atom. The van der Waals surface area contributed by atoms with Gasteiger partial charge in [0.2, 0.25) is 0 Å². The topological polar surface area (TPSA) is 43.6 Å². The standard InChI is InChI=1S/C19H11Cl2F3N4/c1-10-17-13(19(22,23)24)8-16(11-3-2-6-25-9-11)26-18(17)28(27-10)12-4-5-14(20)15(21)7-12/h2-9H,1H3. The number of halogens is 5. The maximum Gasteiger partial charge on any atom is 0.417 e. The fourth-order valence-corrected chi connectivity index (χ4v) is 3.26. The molecule has 0 saturated carbocycles. The Balaban J connectivity index is 2.07. The Labute approximate surface area is 167 Å². The molecule has 0 aliphatic carbocycles. The van der Waals surface area contributed by atoms with E-state index < -0.39 is 11.7 Å². The Hall–Kier alpha value is -2.64. The summed E-state index contributed by atoms with van der Waals surface area (Å²) < 4.78 is 42.7. The maximum absolute atomic E-state index is 13.8. The van der Waals surface area contributed by atoms with Gasteiger partial charge in [0.15, 0.2) is 5.65 Å². The number of aryl methyl sites for hydroxylation is 1. The minimum atomic E-state index is -4.57. The van der Waals surface area contributed by atoms with Crippen LogP contribution >= 0.6 is 23.2 Å². The van der Waals surface area contributed by atoms with Crippen LogP contribution in [-0.2, 0) is 6.18 Å². The molecule has 3 heterocycles. The minimum absolute atomic E-state index is 0.0637. The maximum atomic E-state index is 13.8. The molecule has 0 radical (unpaired) electrons. The van der Waals surface area contributed by atoms with Crippen molar-refractivity contribution < 1.29 is 13.2 Å². The van der Waals surface area contributed by atoms with Crippen molar-refractivity contribution >= 4 is 34.2 Å². The number of nitrogens with zero attached hydrogens (tertiary/aromatic N) is 4. The van der Waals surface area contributed by atoms with E-state index in [1.165, 1.54) is 30.1 Å². The summed E-state index contributed by atoms with van der Waals surface area (Å²) >= 11 is 12.0.